The van der Waals surface area contributed by atoms with E-state index in [0.29, 0.717) is 0 Å². The summed E-state index contributed by atoms with van der Waals surface area (Å²) in [5, 5.41) is 2.77. The summed E-state index contributed by atoms with van der Waals surface area (Å²) in [6, 6.07) is 1.90. The first-order chi connectivity index (χ1) is 7.15. The Morgan fingerprint density at radius 1 is 1.60 bits per heavy atom. The van der Waals surface area contributed by atoms with Crippen LogP contribution in [0.3, 0.4) is 0 Å². The lowest BCUT2D eigenvalue weighted by molar-refractivity contribution is -0.114. The number of carbonyl (C=O) groups excluding carboxylic acids is 1. The maximum Gasteiger partial charge on any atom is 0.221 e. The lowest BCUT2D eigenvalue weighted by Gasteiger charge is -2.21. The number of hydrogen-bond acceptors (Lipinski definition) is 3. The van der Waals surface area contributed by atoms with E-state index >= 15 is 0 Å². The van der Waals surface area contributed by atoms with Gasteiger partial charge in [-0.1, -0.05) is 6.92 Å². The lowest BCUT2D eigenvalue weighted by atomic mass is 10.3. The average Bonchev–Trinajstić information content (AvgIpc) is 2.18. The second-order valence-electron chi connectivity index (χ2n) is 3.50. The predicted octanol–water partition coefficient (Wildman–Crippen LogP) is 1.89. The van der Waals surface area contributed by atoms with Gasteiger partial charge in [0, 0.05) is 26.7 Å². The van der Waals surface area contributed by atoms with Gasteiger partial charge in [-0.05, 0) is 12.5 Å². The minimum absolute atomic E-state index is 0.0749. The number of rotatable bonds is 4. The van der Waals surface area contributed by atoms with E-state index < -0.39 is 0 Å². The van der Waals surface area contributed by atoms with E-state index in [1.165, 1.54) is 6.92 Å². The molecule has 82 valence electrons. The second-order valence-corrected chi connectivity index (χ2v) is 3.50. The number of anilines is 2. The van der Waals surface area contributed by atoms with Crippen LogP contribution in [0.4, 0.5) is 11.4 Å². The molecule has 0 aliphatic rings. The minimum atomic E-state index is -0.0749. The molecule has 1 aromatic heterocycles. The van der Waals surface area contributed by atoms with Gasteiger partial charge in [-0.25, -0.2) is 0 Å². The largest absolute Gasteiger partial charge is 0.373 e. The van der Waals surface area contributed by atoms with Crippen molar-refractivity contribution in [2.24, 2.45) is 0 Å². The fourth-order valence-corrected chi connectivity index (χ4v) is 1.46. The lowest BCUT2D eigenvalue weighted by Crippen LogP contribution is -2.20. The summed E-state index contributed by atoms with van der Waals surface area (Å²) in [6.45, 7) is 4.57. The molecule has 0 saturated carbocycles. The number of hydrogen-bond donors (Lipinski definition) is 1. The second kappa shape index (κ2) is 5.34. The van der Waals surface area contributed by atoms with Crippen LogP contribution in [-0.2, 0) is 4.79 Å². The van der Waals surface area contributed by atoms with Crippen molar-refractivity contribution in [3.05, 3.63) is 18.5 Å². The first-order valence-electron chi connectivity index (χ1n) is 5.08. The molecule has 0 aliphatic heterocycles. The number of amides is 1. The topological polar surface area (TPSA) is 45.2 Å². The Balaban J connectivity index is 2.89. The van der Waals surface area contributed by atoms with Crippen molar-refractivity contribution >= 4 is 17.3 Å². The van der Waals surface area contributed by atoms with Crippen molar-refractivity contribution in [1.82, 2.24) is 4.98 Å². The first kappa shape index (κ1) is 11.5. The van der Waals surface area contributed by atoms with E-state index in [9.17, 15) is 4.79 Å². The van der Waals surface area contributed by atoms with Crippen LogP contribution >= 0.6 is 0 Å². The van der Waals surface area contributed by atoms with Crippen LogP contribution in [0, 0.1) is 0 Å². The van der Waals surface area contributed by atoms with Gasteiger partial charge in [0.05, 0.1) is 17.6 Å². The summed E-state index contributed by atoms with van der Waals surface area (Å²) in [6.07, 6.45) is 4.47. The van der Waals surface area contributed by atoms with Crippen LogP contribution in [0.25, 0.3) is 0 Å². The molecule has 0 unspecified atom stereocenters. The molecule has 1 heterocycles. The van der Waals surface area contributed by atoms with Crippen LogP contribution in [0.15, 0.2) is 18.5 Å². The highest BCUT2D eigenvalue weighted by Gasteiger charge is 2.07. The standard InChI is InChI=1S/C11H17N3O/c1-4-7-14(3)11-5-6-12-8-10(11)13-9(2)15/h5-6,8H,4,7H2,1-3H3,(H,13,15). The zero-order valence-electron chi connectivity index (χ0n) is 9.45. The van der Waals surface area contributed by atoms with Gasteiger partial charge in [0.25, 0.3) is 0 Å². The normalized spacial score (nSPS) is 9.80. The molecule has 0 radical (unpaired) electrons. The molecule has 1 aromatic rings. The van der Waals surface area contributed by atoms with Crippen molar-refractivity contribution in [2.75, 3.05) is 23.8 Å². The van der Waals surface area contributed by atoms with Gasteiger partial charge < -0.3 is 10.2 Å². The van der Waals surface area contributed by atoms with Gasteiger partial charge in [-0.3, -0.25) is 9.78 Å². The van der Waals surface area contributed by atoms with Crippen molar-refractivity contribution in [3.8, 4) is 0 Å². The highest BCUT2D eigenvalue weighted by atomic mass is 16.1. The third-order valence-corrected chi connectivity index (χ3v) is 2.08. The fraction of sp³-hybridized carbons (Fsp3) is 0.455. The van der Waals surface area contributed by atoms with E-state index in [2.05, 4.69) is 22.1 Å². The number of carbonyl (C=O) groups is 1. The Labute approximate surface area is 90.3 Å². The predicted molar refractivity (Wildman–Crippen MR) is 62.1 cm³/mol. The Hall–Kier alpha value is -1.58. The molecule has 4 nitrogen and oxygen atoms in total. The summed E-state index contributed by atoms with van der Waals surface area (Å²) < 4.78 is 0. The average molecular weight is 207 g/mol. The maximum atomic E-state index is 11.0. The number of nitrogens with one attached hydrogen (secondary N) is 1. The van der Waals surface area contributed by atoms with Crippen molar-refractivity contribution in [3.63, 3.8) is 0 Å². The van der Waals surface area contributed by atoms with Gasteiger partial charge >= 0.3 is 0 Å². The smallest absolute Gasteiger partial charge is 0.221 e. The van der Waals surface area contributed by atoms with E-state index in [4.69, 9.17) is 0 Å². The molecule has 0 spiro atoms. The van der Waals surface area contributed by atoms with Gasteiger partial charge in [0.1, 0.15) is 0 Å². The highest BCUT2D eigenvalue weighted by Crippen LogP contribution is 2.23. The summed E-state index contributed by atoms with van der Waals surface area (Å²) in [7, 11) is 2.00. The molecule has 4 heteroatoms. The quantitative estimate of drug-likeness (QED) is 0.820. The van der Waals surface area contributed by atoms with E-state index in [-0.39, 0.29) is 5.91 Å². The van der Waals surface area contributed by atoms with Crippen LogP contribution in [0.2, 0.25) is 0 Å². The molecule has 0 fully saturated rings. The molecule has 0 aliphatic carbocycles. The van der Waals surface area contributed by atoms with E-state index in [1.54, 1.807) is 12.4 Å². The summed E-state index contributed by atoms with van der Waals surface area (Å²) in [5.74, 6) is -0.0749. The highest BCUT2D eigenvalue weighted by molar-refractivity contribution is 5.92. The van der Waals surface area contributed by atoms with E-state index in [0.717, 1.165) is 24.3 Å². The molecular weight excluding hydrogens is 190 g/mol. The third-order valence-electron chi connectivity index (χ3n) is 2.08. The maximum absolute atomic E-state index is 11.0. The summed E-state index contributed by atoms with van der Waals surface area (Å²) in [4.78, 5) is 17.1. The number of aromatic nitrogens is 1. The van der Waals surface area contributed by atoms with Crippen LogP contribution in [0.1, 0.15) is 20.3 Å². The molecule has 0 atom stereocenters. The van der Waals surface area contributed by atoms with Crippen LogP contribution in [0.5, 0.6) is 0 Å². The Morgan fingerprint density at radius 3 is 2.93 bits per heavy atom. The zero-order chi connectivity index (χ0) is 11.3. The van der Waals surface area contributed by atoms with Gasteiger partial charge in [0.2, 0.25) is 5.91 Å². The monoisotopic (exact) mass is 207 g/mol. The molecule has 0 aromatic carbocycles. The molecule has 0 bridgehead atoms. The van der Waals surface area contributed by atoms with Crippen molar-refractivity contribution in [2.45, 2.75) is 20.3 Å². The Morgan fingerprint density at radius 2 is 2.33 bits per heavy atom. The SMILES string of the molecule is CCCN(C)c1ccncc1NC(C)=O. The molecule has 15 heavy (non-hydrogen) atoms. The van der Waals surface area contributed by atoms with Gasteiger partial charge in [-0.2, -0.15) is 0 Å². The number of nitrogens with zero attached hydrogens (tertiary/aromatic N) is 2. The third kappa shape index (κ3) is 3.23. The molecule has 1 rings (SSSR count). The van der Waals surface area contributed by atoms with Gasteiger partial charge in [-0.15, -0.1) is 0 Å². The molecule has 1 amide bonds. The Bertz CT molecular complexity index is 338. The summed E-state index contributed by atoms with van der Waals surface area (Å²) in [5.41, 5.74) is 1.77. The molecular formula is C11H17N3O. The number of pyridine rings is 1. The molecule has 0 saturated heterocycles. The summed E-state index contributed by atoms with van der Waals surface area (Å²) >= 11 is 0. The van der Waals surface area contributed by atoms with Gasteiger partial charge in [0.15, 0.2) is 0 Å². The zero-order valence-corrected chi connectivity index (χ0v) is 9.45. The fourth-order valence-electron chi connectivity index (χ4n) is 1.46. The van der Waals surface area contributed by atoms with Crippen LogP contribution in [-0.4, -0.2) is 24.5 Å². The van der Waals surface area contributed by atoms with Crippen LogP contribution < -0.4 is 10.2 Å². The minimum Gasteiger partial charge on any atom is -0.373 e. The Kier molecular flexibility index (Phi) is 4.09. The first-order valence-corrected chi connectivity index (χ1v) is 5.08. The van der Waals surface area contributed by atoms with Crippen molar-refractivity contribution < 1.29 is 4.79 Å². The molecule has 1 N–H and O–H groups in total. The van der Waals surface area contributed by atoms with Crippen molar-refractivity contribution in [1.29, 1.82) is 0 Å². The van der Waals surface area contributed by atoms with E-state index in [1.807, 2.05) is 13.1 Å².